The highest BCUT2D eigenvalue weighted by molar-refractivity contribution is 7.09. The van der Waals surface area contributed by atoms with Gasteiger partial charge in [-0.1, -0.05) is 12.1 Å². The first-order valence-electron chi connectivity index (χ1n) is 5.95. The fourth-order valence-corrected chi connectivity index (χ4v) is 2.40. The van der Waals surface area contributed by atoms with Crippen LogP contribution in [0.5, 0.6) is 0 Å². The summed E-state index contributed by atoms with van der Waals surface area (Å²) in [6.45, 7) is 4.70. The number of nitro groups is 1. The van der Waals surface area contributed by atoms with Crippen LogP contribution in [-0.2, 0) is 6.54 Å². The van der Waals surface area contributed by atoms with Gasteiger partial charge in [-0.2, -0.15) is 0 Å². The number of aromatic nitrogens is 1. The monoisotopic (exact) mass is 277 g/mol. The molecule has 1 heterocycles. The van der Waals surface area contributed by atoms with Crippen LogP contribution in [0.2, 0.25) is 0 Å². The van der Waals surface area contributed by atoms with Crippen LogP contribution in [0.25, 0.3) is 0 Å². The number of thiazole rings is 1. The predicted molar refractivity (Wildman–Crippen MR) is 75.2 cm³/mol. The average Bonchev–Trinajstić information content (AvgIpc) is 2.83. The molecule has 1 atom stereocenters. The number of non-ortho nitro benzene ring substituents is 1. The molecule has 2 aromatic rings. The van der Waals surface area contributed by atoms with Crippen molar-refractivity contribution in [2.75, 3.05) is 0 Å². The number of aryl methyl sites for hydroxylation is 1. The summed E-state index contributed by atoms with van der Waals surface area (Å²) >= 11 is 1.63. The molecule has 0 aliphatic heterocycles. The molecule has 1 aromatic heterocycles. The molecular weight excluding hydrogens is 262 g/mol. The standard InChI is InChI=1S/C13H15N3O2S/c1-9(13-8-19-10(2)15-13)14-7-11-3-5-12(6-4-11)16(17)18/h3-6,8-9,14H,7H2,1-2H3. The normalized spacial score (nSPS) is 12.3. The molecular formula is C13H15N3O2S. The maximum atomic E-state index is 10.5. The van der Waals surface area contributed by atoms with Gasteiger partial charge < -0.3 is 5.32 Å². The van der Waals surface area contributed by atoms with Gasteiger partial charge in [0.2, 0.25) is 0 Å². The van der Waals surface area contributed by atoms with Crippen molar-refractivity contribution in [2.45, 2.75) is 26.4 Å². The second kappa shape index (κ2) is 5.90. The topological polar surface area (TPSA) is 68.1 Å². The summed E-state index contributed by atoms with van der Waals surface area (Å²) < 4.78 is 0. The van der Waals surface area contributed by atoms with E-state index in [4.69, 9.17) is 0 Å². The van der Waals surface area contributed by atoms with Crippen molar-refractivity contribution in [1.29, 1.82) is 0 Å². The number of benzene rings is 1. The Morgan fingerprint density at radius 2 is 2.11 bits per heavy atom. The Bertz CT molecular complexity index is 566. The highest BCUT2D eigenvalue weighted by atomic mass is 32.1. The molecule has 0 saturated heterocycles. The van der Waals surface area contributed by atoms with Gasteiger partial charge in [-0.25, -0.2) is 4.98 Å². The number of nitrogens with one attached hydrogen (secondary N) is 1. The largest absolute Gasteiger partial charge is 0.305 e. The van der Waals surface area contributed by atoms with E-state index in [9.17, 15) is 10.1 Å². The van der Waals surface area contributed by atoms with E-state index in [-0.39, 0.29) is 11.7 Å². The highest BCUT2D eigenvalue weighted by Crippen LogP contribution is 2.17. The summed E-state index contributed by atoms with van der Waals surface area (Å²) in [6.07, 6.45) is 0. The van der Waals surface area contributed by atoms with Crippen molar-refractivity contribution in [3.05, 3.63) is 56.0 Å². The van der Waals surface area contributed by atoms with Gasteiger partial charge in [-0.3, -0.25) is 10.1 Å². The second-order valence-corrected chi connectivity index (χ2v) is 5.38. The molecule has 0 bridgehead atoms. The minimum absolute atomic E-state index is 0.118. The van der Waals surface area contributed by atoms with Gasteiger partial charge in [0.1, 0.15) is 0 Å². The molecule has 1 unspecified atom stereocenters. The van der Waals surface area contributed by atoms with Crippen LogP contribution in [-0.4, -0.2) is 9.91 Å². The van der Waals surface area contributed by atoms with Crippen molar-refractivity contribution in [2.24, 2.45) is 0 Å². The Morgan fingerprint density at radius 1 is 1.42 bits per heavy atom. The Morgan fingerprint density at radius 3 is 2.63 bits per heavy atom. The van der Waals surface area contributed by atoms with Crippen LogP contribution in [0, 0.1) is 17.0 Å². The third-order valence-electron chi connectivity index (χ3n) is 2.84. The molecule has 0 aliphatic rings. The van der Waals surface area contributed by atoms with Gasteiger partial charge in [0, 0.05) is 30.1 Å². The molecule has 1 N–H and O–H groups in total. The Hall–Kier alpha value is -1.79. The molecule has 0 aliphatic carbocycles. The summed E-state index contributed by atoms with van der Waals surface area (Å²) in [5.41, 5.74) is 2.17. The second-order valence-electron chi connectivity index (χ2n) is 4.32. The van der Waals surface area contributed by atoms with Gasteiger partial charge in [0.05, 0.1) is 15.6 Å². The summed E-state index contributed by atoms with van der Waals surface area (Å²) in [7, 11) is 0. The molecule has 5 nitrogen and oxygen atoms in total. The summed E-state index contributed by atoms with van der Waals surface area (Å²) in [6, 6.07) is 6.75. The molecule has 100 valence electrons. The highest BCUT2D eigenvalue weighted by Gasteiger charge is 2.09. The lowest BCUT2D eigenvalue weighted by molar-refractivity contribution is -0.384. The summed E-state index contributed by atoms with van der Waals surface area (Å²) in [5, 5.41) is 17.0. The third kappa shape index (κ3) is 3.59. The van der Waals surface area contributed by atoms with E-state index >= 15 is 0 Å². The molecule has 0 fully saturated rings. The van der Waals surface area contributed by atoms with Crippen LogP contribution in [0.15, 0.2) is 29.6 Å². The predicted octanol–water partition coefficient (Wildman–Crippen LogP) is 3.21. The van der Waals surface area contributed by atoms with Crippen LogP contribution < -0.4 is 5.32 Å². The third-order valence-corrected chi connectivity index (χ3v) is 3.63. The zero-order valence-corrected chi connectivity index (χ0v) is 11.6. The van der Waals surface area contributed by atoms with Crippen molar-refractivity contribution in [3.63, 3.8) is 0 Å². The lowest BCUT2D eigenvalue weighted by Crippen LogP contribution is -2.18. The Kier molecular flexibility index (Phi) is 4.24. The molecule has 0 radical (unpaired) electrons. The Balaban J connectivity index is 1.93. The maximum Gasteiger partial charge on any atom is 0.269 e. The lowest BCUT2D eigenvalue weighted by Gasteiger charge is -2.11. The van der Waals surface area contributed by atoms with Gasteiger partial charge in [0.15, 0.2) is 0 Å². The first-order valence-corrected chi connectivity index (χ1v) is 6.83. The summed E-state index contributed by atoms with van der Waals surface area (Å²) in [5.74, 6) is 0. The molecule has 2 rings (SSSR count). The van der Waals surface area contributed by atoms with Crippen molar-refractivity contribution >= 4 is 17.0 Å². The first-order chi connectivity index (χ1) is 9.06. The van der Waals surface area contributed by atoms with Gasteiger partial charge >= 0.3 is 0 Å². The van der Waals surface area contributed by atoms with E-state index in [2.05, 4.69) is 17.2 Å². The molecule has 6 heteroatoms. The first kappa shape index (κ1) is 13.6. The van der Waals surface area contributed by atoms with Gasteiger partial charge in [-0.15, -0.1) is 11.3 Å². The minimum Gasteiger partial charge on any atom is -0.305 e. The van der Waals surface area contributed by atoms with Crippen LogP contribution in [0.3, 0.4) is 0 Å². The van der Waals surface area contributed by atoms with Crippen LogP contribution >= 0.6 is 11.3 Å². The minimum atomic E-state index is -0.391. The number of rotatable bonds is 5. The van der Waals surface area contributed by atoms with E-state index in [0.29, 0.717) is 6.54 Å². The fourth-order valence-electron chi connectivity index (χ4n) is 1.69. The lowest BCUT2D eigenvalue weighted by atomic mass is 10.2. The van der Waals surface area contributed by atoms with Crippen LogP contribution in [0.4, 0.5) is 5.69 Å². The Labute approximate surface area is 115 Å². The fraction of sp³-hybridized carbons (Fsp3) is 0.308. The van der Waals surface area contributed by atoms with Crippen molar-refractivity contribution < 1.29 is 4.92 Å². The quantitative estimate of drug-likeness (QED) is 0.673. The smallest absolute Gasteiger partial charge is 0.269 e. The summed E-state index contributed by atoms with van der Waals surface area (Å²) in [4.78, 5) is 14.6. The number of nitro benzene ring substituents is 1. The van der Waals surface area contributed by atoms with E-state index in [1.54, 1.807) is 23.5 Å². The van der Waals surface area contributed by atoms with E-state index in [0.717, 1.165) is 16.3 Å². The zero-order valence-electron chi connectivity index (χ0n) is 10.8. The average molecular weight is 277 g/mol. The number of nitrogens with zero attached hydrogens (tertiary/aromatic N) is 2. The van der Waals surface area contributed by atoms with E-state index in [1.165, 1.54) is 12.1 Å². The van der Waals surface area contributed by atoms with Gasteiger partial charge in [-0.05, 0) is 19.4 Å². The number of hydrogen-bond acceptors (Lipinski definition) is 5. The van der Waals surface area contributed by atoms with Crippen molar-refractivity contribution in [1.82, 2.24) is 10.3 Å². The van der Waals surface area contributed by atoms with E-state index in [1.807, 2.05) is 12.3 Å². The molecule has 19 heavy (non-hydrogen) atoms. The molecule has 0 saturated carbocycles. The van der Waals surface area contributed by atoms with E-state index < -0.39 is 4.92 Å². The SMILES string of the molecule is Cc1nc(C(C)NCc2ccc([N+](=O)[O-])cc2)cs1. The van der Waals surface area contributed by atoms with Gasteiger partial charge in [0.25, 0.3) is 5.69 Å². The molecule has 1 aromatic carbocycles. The van der Waals surface area contributed by atoms with Crippen LogP contribution in [0.1, 0.15) is 29.2 Å². The molecule has 0 spiro atoms. The number of hydrogen-bond donors (Lipinski definition) is 1. The zero-order chi connectivity index (χ0) is 13.8. The van der Waals surface area contributed by atoms with Crippen molar-refractivity contribution in [3.8, 4) is 0 Å². The molecule has 0 amide bonds. The maximum absolute atomic E-state index is 10.5.